The molecule has 21 heavy (non-hydrogen) atoms. The molecule has 0 spiro atoms. The first-order valence-electron chi connectivity index (χ1n) is 6.76. The number of carbonyl (C=O) groups is 2. The zero-order valence-corrected chi connectivity index (χ0v) is 12.2. The zero-order valence-electron chi connectivity index (χ0n) is 11.5. The molecule has 1 heterocycles. The fraction of sp³-hybridized carbons (Fsp3) is 0.312. The van der Waals surface area contributed by atoms with Crippen molar-refractivity contribution in [2.24, 2.45) is 11.8 Å². The summed E-state index contributed by atoms with van der Waals surface area (Å²) < 4.78 is 0. The average molecular weight is 301 g/mol. The third kappa shape index (κ3) is 2.14. The Labute approximate surface area is 127 Å². The van der Waals surface area contributed by atoms with Crippen LogP contribution in [0.2, 0.25) is 5.02 Å². The largest absolute Gasteiger partial charge is 0.274 e. The van der Waals surface area contributed by atoms with E-state index in [0.29, 0.717) is 24.1 Å². The predicted molar refractivity (Wildman–Crippen MR) is 78.6 cm³/mol. The Morgan fingerprint density at radius 3 is 2.67 bits per heavy atom. The van der Waals surface area contributed by atoms with Gasteiger partial charge in [-0.25, -0.2) is 4.90 Å². The van der Waals surface area contributed by atoms with Crippen LogP contribution in [0.4, 0.5) is 5.69 Å². The van der Waals surface area contributed by atoms with E-state index in [1.807, 2.05) is 19.1 Å². The minimum absolute atomic E-state index is 0.168. The van der Waals surface area contributed by atoms with Crippen molar-refractivity contribution in [3.05, 3.63) is 40.4 Å². The van der Waals surface area contributed by atoms with E-state index in [2.05, 4.69) is 0 Å². The maximum atomic E-state index is 12.5. The Kier molecular flexibility index (Phi) is 3.30. The minimum Gasteiger partial charge on any atom is -0.274 e. The van der Waals surface area contributed by atoms with Crippen molar-refractivity contribution in [2.75, 3.05) is 4.90 Å². The second-order valence-electron chi connectivity index (χ2n) is 5.49. The number of rotatable bonds is 1. The number of nitrogens with zero attached hydrogens (tertiary/aromatic N) is 2. The molecule has 2 amide bonds. The van der Waals surface area contributed by atoms with Crippen molar-refractivity contribution in [2.45, 2.75) is 19.8 Å². The lowest BCUT2D eigenvalue weighted by molar-refractivity contribution is -0.122. The highest BCUT2D eigenvalue weighted by molar-refractivity contribution is 6.32. The fourth-order valence-corrected chi connectivity index (χ4v) is 3.24. The molecule has 0 radical (unpaired) electrons. The van der Waals surface area contributed by atoms with Gasteiger partial charge in [-0.3, -0.25) is 9.59 Å². The Hall–Kier alpha value is -2.12. The van der Waals surface area contributed by atoms with E-state index in [1.165, 1.54) is 17.0 Å². The molecule has 1 aliphatic heterocycles. The quantitative estimate of drug-likeness (QED) is 0.591. The summed E-state index contributed by atoms with van der Waals surface area (Å²) in [6.07, 6.45) is 3.28. The molecule has 1 aromatic rings. The average Bonchev–Trinajstić information content (AvgIpc) is 2.70. The topological polar surface area (TPSA) is 61.2 Å². The van der Waals surface area contributed by atoms with Crippen molar-refractivity contribution < 1.29 is 9.59 Å². The van der Waals surface area contributed by atoms with E-state index in [-0.39, 0.29) is 28.7 Å². The van der Waals surface area contributed by atoms with Crippen LogP contribution in [0.3, 0.4) is 0 Å². The molecule has 3 rings (SSSR count). The van der Waals surface area contributed by atoms with Crippen molar-refractivity contribution in [1.82, 2.24) is 0 Å². The molecule has 1 aromatic carbocycles. The summed E-state index contributed by atoms with van der Waals surface area (Å²) in [5.41, 5.74) is 1.92. The summed E-state index contributed by atoms with van der Waals surface area (Å²) in [7, 11) is 0. The van der Waals surface area contributed by atoms with Crippen LogP contribution in [-0.4, -0.2) is 11.8 Å². The van der Waals surface area contributed by atoms with Crippen LogP contribution < -0.4 is 4.90 Å². The molecule has 2 atom stereocenters. The highest BCUT2D eigenvalue weighted by Gasteiger charge is 2.48. The number of amides is 2. The Bertz CT molecular complexity index is 717. The minimum atomic E-state index is -0.268. The predicted octanol–water partition coefficient (Wildman–Crippen LogP) is 3.06. The first kappa shape index (κ1) is 13.8. The van der Waals surface area contributed by atoms with Crippen molar-refractivity contribution in [3.63, 3.8) is 0 Å². The van der Waals surface area contributed by atoms with Gasteiger partial charge in [-0.1, -0.05) is 23.3 Å². The third-order valence-corrected chi connectivity index (χ3v) is 4.47. The highest BCUT2D eigenvalue weighted by Crippen LogP contribution is 2.40. The number of hydrogen-bond donors (Lipinski definition) is 0. The molecule has 4 nitrogen and oxygen atoms in total. The van der Waals surface area contributed by atoms with Gasteiger partial charge < -0.3 is 0 Å². The number of hydrogen-bond acceptors (Lipinski definition) is 3. The second kappa shape index (κ2) is 5.01. The van der Waals surface area contributed by atoms with Gasteiger partial charge in [-0.15, -0.1) is 0 Å². The number of allylic oxidation sites excluding steroid dienone is 2. The summed E-state index contributed by atoms with van der Waals surface area (Å²) in [6.45, 7) is 1.98. The van der Waals surface area contributed by atoms with Gasteiger partial charge in [0.05, 0.1) is 28.1 Å². The molecule has 2 aliphatic rings. The summed E-state index contributed by atoms with van der Waals surface area (Å²) in [6, 6.07) is 6.60. The van der Waals surface area contributed by atoms with Crippen LogP contribution in [0.15, 0.2) is 29.8 Å². The van der Waals surface area contributed by atoms with E-state index in [9.17, 15) is 9.59 Å². The van der Waals surface area contributed by atoms with Gasteiger partial charge in [-0.2, -0.15) is 5.26 Å². The lowest BCUT2D eigenvalue weighted by Crippen LogP contribution is -2.30. The van der Waals surface area contributed by atoms with E-state index < -0.39 is 0 Å². The SMILES string of the molecule is CC1=CC[C@@H]2C(=O)N(c3ccc(C#N)c(Cl)c3)C(=O)[C@@H]2C1. The number of halogens is 1. The number of imide groups is 1. The molecular formula is C16H13ClN2O2. The van der Waals surface area contributed by atoms with Crippen LogP contribution in [-0.2, 0) is 9.59 Å². The molecule has 1 fully saturated rings. The van der Waals surface area contributed by atoms with Crippen LogP contribution in [0.5, 0.6) is 0 Å². The smallest absolute Gasteiger partial charge is 0.238 e. The lowest BCUT2D eigenvalue weighted by Gasteiger charge is -2.18. The maximum Gasteiger partial charge on any atom is 0.238 e. The van der Waals surface area contributed by atoms with Crippen molar-refractivity contribution in [1.29, 1.82) is 5.26 Å². The standard InChI is InChI=1S/C16H13ClN2O2/c1-9-2-5-12-13(6-9)16(21)19(15(12)20)11-4-3-10(8-18)14(17)7-11/h2-4,7,12-13H,5-6H2,1H3/t12-,13+/m0/s1. The molecule has 0 aromatic heterocycles. The van der Waals surface area contributed by atoms with Gasteiger partial charge in [0.15, 0.2) is 0 Å². The van der Waals surface area contributed by atoms with Crippen LogP contribution in [0, 0.1) is 23.2 Å². The molecule has 0 saturated carbocycles. The molecule has 106 valence electrons. The van der Waals surface area contributed by atoms with E-state index in [4.69, 9.17) is 16.9 Å². The first-order chi connectivity index (χ1) is 10.0. The molecule has 0 unspecified atom stereocenters. The molecular weight excluding hydrogens is 288 g/mol. The Morgan fingerprint density at radius 2 is 2.00 bits per heavy atom. The zero-order chi connectivity index (χ0) is 15.1. The lowest BCUT2D eigenvalue weighted by atomic mass is 9.82. The van der Waals surface area contributed by atoms with E-state index in [1.54, 1.807) is 6.07 Å². The third-order valence-electron chi connectivity index (χ3n) is 4.15. The fourth-order valence-electron chi connectivity index (χ4n) is 3.03. The Balaban J connectivity index is 1.97. The number of anilines is 1. The summed E-state index contributed by atoms with van der Waals surface area (Å²) in [5.74, 6) is -0.875. The monoisotopic (exact) mass is 300 g/mol. The molecule has 1 saturated heterocycles. The highest BCUT2D eigenvalue weighted by atomic mass is 35.5. The van der Waals surface area contributed by atoms with Crippen LogP contribution in [0.1, 0.15) is 25.3 Å². The molecule has 5 heteroatoms. The van der Waals surface area contributed by atoms with E-state index >= 15 is 0 Å². The number of fused-ring (bicyclic) bond motifs is 1. The van der Waals surface area contributed by atoms with Crippen molar-refractivity contribution in [3.8, 4) is 6.07 Å². The van der Waals surface area contributed by atoms with Crippen molar-refractivity contribution >= 4 is 29.1 Å². The summed E-state index contributed by atoms with van der Waals surface area (Å²) in [5, 5.41) is 9.14. The Morgan fingerprint density at radius 1 is 1.29 bits per heavy atom. The van der Waals surface area contributed by atoms with E-state index in [0.717, 1.165) is 5.57 Å². The van der Waals surface area contributed by atoms with Crippen LogP contribution in [0.25, 0.3) is 0 Å². The van der Waals surface area contributed by atoms with Crippen LogP contribution >= 0.6 is 11.6 Å². The van der Waals surface area contributed by atoms with Gasteiger partial charge in [0, 0.05) is 0 Å². The molecule has 1 aliphatic carbocycles. The molecule has 0 bridgehead atoms. The second-order valence-corrected chi connectivity index (χ2v) is 5.90. The first-order valence-corrected chi connectivity index (χ1v) is 7.14. The number of benzene rings is 1. The number of carbonyl (C=O) groups excluding carboxylic acids is 2. The summed E-state index contributed by atoms with van der Waals surface area (Å²) >= 11 is 6.00. The van der Waals surface area contributed by atoms with Gasteiger partial charge in [0.25, 0.3) is 0 Å². The normalized spacial score (nSPS) is 24.6. The van der Waals surface area contributed by atoms with Gasteiger partial charge in [0.2, 0.25) is 11.8 Å². The maximum absolute atomic E-state index is 12.5. The van der Waals surface area contributed by atoms with Gasteiger partial charge in [-0.05, 0) is 38.0 Å². The van der Waals surface area contributed by atoms with Gasteiger partial charge in [0.1, 0.15) is 6.07 Å². The summed E-state index contributed by atoms with van der Waals surface area (Å²) in [4.78, 5) is 26.2. The number of nitriles is 1. The van der Waals surface area contributed by atoms with Gasteiger partial charge >= 0.3 is 0 Å². The molecule has 0 N–H and O–H groups in total.